The minimum absolute atomic E-state index is 0. The number of halogens is 10. The fraction of sp³-hybridized carbons (Fsp3) is 0.118. The Labute approximate surface area is 182 Å². The van der Waals surface area contributed by atoms with Crippen molar-refractivity contribution in [3.63, 3.8) is 0 Å². The van der Waals surface area contributed by atoms with Gasteiger partial charge in [0.05, 0.1) is 31.9 Å². The van der Waals surface area contributed by atoms with Gasteiger partial charge in [-0.15, -0.1) is 12.4 Å². The summed E-state index contributed by atoms with van der Waals surface area (Å²) in [4.78, 5) is 3.78. The van der Waals surface area contributed by atoms with Crippen molar-refractivity contribution in [2.24, 2.45) is 4.99 Å². The second-order valence-corrected chi connectivity index (χ2v) is 6.54. The van der Waals surface area contributed by atoms with Gasteiger partial charge in [0.1, 0.15) is 0 Å². The van der Waals surface area contributed by atoms with Gasteiger partial charge in [-0.05, 0) is 36.4 Å². The molecule has 0 aromatic heterocycles. The zero-order chi connectivity index (χ0) is 21.1. The summed E-state index contributed by atoms with van der Waals surface area (Å²) in [7, 11) is 0. The maximum absolute atomic E-state index is 12.8. The third kappa shape index (κ3) is 7.29. The number of hydrogen-bond acceptors (Lipinski definition) is 2. The average Bonchev–Trinajstić information content (AvgIpc) is 2.58. The van der Waals surface area contributed by atoms with Gasteiger partial charge in [-0.1, -0.05) is 34.8 Å². The molecule has 29 heavy (non-hydrogen) atoms. The van der Waals surface area contributed by atoms with Crippen molar-refractivity contribution >= 4 is 64.8 Å². The summed E-state index contributed by atoms with van der Waals surface area (Å²) in [6, 6.07) is 6.18. The van der Waals surface area contributed by atoms with Gasteiger partial charge >= 0.3 is 12.4 Å². The van der Waals surface area contributed by atoms with Crippen LogP contribution in [0, 0.1) is 0 Å². The highest BCUT2D eigenvalue weighted by Crippen LogP contribution is 2.37. The molecule has 2 rings (SSSR count). The summed E-state index contributed by atoms with van der Waals surface area (Å²) in [5, 5.41) is 1.51. The first-order valence-corrected chi connectivity index (χ1v) is 8.41. The largest absolute Gasteiger partial charge is 0.417 e. The Hall–Kier alpha value is -1.61. The van der Waals surface area contributed by atoms with Gasteiger partial charge < -0.3 is 5.32 Å². The van der Waals surface area contributed by atoms with E-state index < -0.39 is 33.5 Å². The van der Waals surface area contributed by atoms with E-state index in [4.69, 9.17) is 34.8 Å². The van der Waals surface area contributed by atoms with Gasteiger partial charge in [-0.25, -0.2) is 0 Å². The highest BCUT2D eigenvalue weighted by molar-refractivity contribution is 6.39. The monoisotopic (exact) mass is 496 g/mol. The van der Waals surface area contributed by atoms with E-state index in [1.807, 2.05) is 0 Å². The van der Waals surface area contributed by atoms with Crippen molar-refractivity contribution in [2.75, 3.05) is 5.32 Å². The predicted octanol–water partition coefficient (Wildman–Crippen LogP) is 8.35. The van der Waals surface area contributed by atoms with E-state index in [0.29, 0.717) is 0 Å². The van der Waals surface area contributed by atoms with E-state index in [-0.39, 0.29) is 28.8 Å². The molecule has 0 bridgehead atoms. The summed E-state index contributed by atoms with van der Waals surface area (Å²) >= 11 is 16.9. The number of anilines is 1. The lowest BCUT2D eigenvalue weighted by molar-refractivity contribution is -0.138. The van der Waals surface area contributed by atoms with Gasteiger partial charge in [0.15, 0.2) is 0 Å². The molecule has 0 saturated heterocycles. The first-order valence-electron chi connectivity index (χ1n) is 7.27. The molecule has 0 spiro atoms. The van der Waals surface area contributed by atoms with Crippen LogP contribution in [0.5, 0.6) is 0 Å². The molecule has 2 aromatic carbocycles. The lowest BCUT2D eigenvalue weighted by Gasteiger charge is -2.10. The molecule has 0 atom stereocenters. The summed E-state index contributed by atoms with van der Waals surface area (Å²) < 4.78 is 76.9. The van der Waals surface area contributed by atoms with Gasteiger partial charge in [0.2, 0.25) is 0 Å². The van der Waals surface area contributed by atoms with Crippen molar-refractivity contribution in [1.29, 1.82) is 0 Å². The van der Waals surface area contributed by atoms with Crippen molar-refractivity contribution in [2.45, 2.75) is 12.4 Å². The van der Waals surface area contributed by atoms with E-state index in [9.17, 15) is 26.3 Å². The predicted molar refractivity (Wildman–Crippen MR) is 106 cm³/mol. The third-order valence-corrected chi connectivity index (χ3v) is 4.11. The Morgan fingerprint density at radius 3 is 1.93 bits per heavy atom. The van der Waals surface area contributed by atoms with Crippen LogP contribution in [0.2, 0.25) is 10.0 Å². The molecule has 2 aromatic rings. The molecule has 0 aliphatic rings. The van der Waals surface area contributed by atoms with Gasteiger partial charge in [-0.3, -0.25) is 4.99 Å². The van der Waals surface area contributed by atoms with Crippen molar-refractivity contribution in [3.8, 4) is 0 Å². The normalized spacial score (nSPS) is 12.8. The van der Waals surface area contributed by atoms with Crippen LogP contribution >= 0.6 is 47.2 Å². The van der Waals surface area contributed by atoms with E-state index >= 15 is 0 Å². The first kappa shape index (κ1) is 25.4. The van der Waals surface area contributed by atoms with Crippen molar-refractivity contribution in [3.05, 3.63) is 68.8 Å². The van der Waals surface area contributed by atoms with Crippen LogP contribution in [0.15, 0.2) is 52.6 Å². The standard InChI is InChI=1S/C17H9Cl3F6N2.ClH/c18-9(7-27-10-1-3-14(19)12(5-10)16(21,22)23)8-28-11-2-4-15(20)13(6-11)17(24,25)26;/h1-8,27H;1H/b9-7+,28-8?;. The zero-order valence-corrected chi connectivity index (χ0v) is 17.0. The second kappa shape index (κ2) is 9.93. The lowest BCUT2D eigenvalue weighted by atomic mass is 10.2. The van der Waals surface area contributed by atoms with Crippen LogP contribution in [0.1, 0.15) is 11.1 Å². The summed E-state index contributed by atoms with van der Waals surface area (Å²) in [5.41, 5.74) is -2.09. The molecule has 2 nitrogen and oxygen atoms in total. The summed E-state index contributed by atoms with van der Waals surface area (Å²) in [6.07, 6.45) is -7.13. The maximum atomic E-state index is 12.8. The number of hydrogen-bond donors (Lipinski definition) is 1. The molecule has 0 radical (unpaired) electrons. The number of allylic oxidation sites excluding steroid dienone is 1. The highest BCUT2D eigenvalue weighted by atomic mass is 35.5. The van der Waals surface area contributed by atoms with E-state index in [1.165, 1.54) is 12.1 Å². The van der Waals surface area contributed by atoms with E-state index in [1.54, 1.807) is 0 Å². The van der Waals surface area contributed by atoms with Crippen LogP contribution in [0.3, 0.4) is 0 Å². The fourth-order valence-electron chi connectivity index (χ4n) is 1.97. The smallest absolute Gasteiger partial charge is 0.360 e. The molecule has 0 aliphatic carbocycles. The van der Waals surface area contributed by atoms with E-state index in [0.717, 1.165) is 36.7 Å². The Morgan fingerprint density at radius 1 is 0.862 bits per heavy atom. The molecule has 0 heterocycles. The summed E-state index contributed by atoms with van der Waals surface area (Å²) in [5.74, 6) is 0. The van der Waals surface area contributed by atoms with Crippen LogP contribution in [-0.2, 0) is 12.4 Å². The lowest BCUT2D eigenvalue weighted by Crippen LogP contribution is -2.06. The molecular weight excluding hydrogens is 488 g/mol. The Morgan fingerprint density at radius 2 is 1.38 bits per heavy atom. The molecule has 1 N–H and O–H groups in total. The Balaban J connectivity index is 0.00000420. The summed E-state index contributed by atoms with van der Waals surface area (Å²) in [6.45, 7) is 0. The molecule has 12 heteroatoms. The number of alkyl halides is 6. The molecule has 158 valence electrons. The second-order valence-electron chi connectivity index (χ2n) is 5.29. The number of nitrogens with one attached hydrogen (secondary N) is 1. The molecule has 0 unspecified atom stereocenters. The number of aliphatic imine (C=N–C) groups is 1. The zero-order valence-electron chi connectivity index (χ0n) is 13.9. The average molecular weight is 498 g/mol. The minimum Gasteiger partial charge on any atom is -0.360 e. The van der Waals surface area contributed by atoms with Crippen LogP contribution < -0.4 is 5.32 Å². The molecular formula is C17H10Cl4F6N2. The minimum atomic E-state index is -4.64. The molecule has 0 saturated carbocycles. The van der Waals surface area contributed by atoms with Crippen molar-refractivity contribution in [1.82, 2.24) is 0 Å². The van der Waals surface area contributed by atoms with Crippen LogP contribution in [0.4, 0.5) is 37.7 Å². The van der Waals surface area contributed by atoms with Gasteiger partial charge in [0.25, 0.3) is 0 Å². The van der Waals surface area contributed by atoms with Crippen LogP contribution in [0.25, 0.3) is 0 Å². The molecule has 0 fully saturated rings. The van der Waals surface area contributed by atoms with Gasteiger partial charge in [0, 0.05) is 18.1 Å². The Bertz CT molecular complexity index is 923. The fourth-order valence-corrected chi connectivity index (χ4v) is 2.52. The topological polar surface area (TPSA) is 24.4 Å². The number of rotatable bonds is 4. The maximum Gasteiger partial charge on any atom is 0.417 e. The molecule has 0 amide bonds. The Kier molecular flexibility index (Phi) is 8.71. The quantitative estimate of drug-likeness (QED) is 0.333. The van der Waals surface area contributed by atoms with Crippen molar-refractivity contribution < 1.29 is 26.3 Å². The van der Waals surface area contributed by atoms with Crippen LogP contribution in [-0.4, -0.2) is 6.21 Å². The highest BCUT2D eigenvalue weighted by Gasteiger charge is 2.34. The molecule has 0 aliphatic heterocycles. The first-order chi connectivity index (χ1) is 12.9. The van der Waals surface area contributed by atoms with E-state index in [2.05, 4.69) is 10.3 Å². The number of nitrogens with zero attached hydrogens (tertiary/aromatic N) is 1. The third-order valence-electron chi connectivity index (χ3n) is 3.24. The SMILES string of the molecule is Cl.FC(F)(F)c1cc(N=C/C(Cl)=C\Nc2ccc(Cl)c(C(F)(F)F)c2)ccc1Cl. The van der Waals surface area contributed by atoms with Gasteiger partial charge in [-0.2, -0.15) is 26.3 Å². The number of benzene rings is 2.